The Morgan fingerprint density at radius 2 is 1.47 bits per heavy atom. The Labute approximate surface area is 186 Å². The zero-order chi connectivity index (χ0) is 22.7. The molecule has 2 aromatic heterocycles. The Morgan fingerprint density at radius 1 is 0.875 bits per heavy atom. The molecule has 0 bridgehead atoms. The third-order valence-electron chi connectivity index (χ3n) is 5.34. The predicted octanol–water partition coefficient (Wildman–Crippen LogP) is 3.51. The number of carbonyl (C=O) groups excluding carboxylic acids is 1. The van der Waals surface area contributed by atoms with Gasteiger partial charge in [-0.3, -0.25) is 9.59 Å². The minimum atomic E-state index is -0.811. The molecule has 0 saturated carbocycles. The zero-order valence-electron chi connectivity index (χ0n) is 18.3. The highest BCUT2D eigenvalue weighted by Gasteiger charge is 2.23. The van der Waals surface area contributed by atoms with Crippen molar-refractivity contribution in [1.29, 1.82) is 0 Å². The van der Waals surface area contributed by atoms with Crippen molar-refractivity contribution in [2.75, 3.05) is 0 Å². The first kappa shape index (κ1) is 21.2. The van der Waals surface area contributed by atoms with Crippen molar-refractivity contribution in [3.05, 3.63) is 112 Å². The third-order valence-corrected chi connectivity index (χ3v) is 5.34. The summed E-state index contributed by atoms with van der Waals surface area (Å²) in [5, 5.41) is 11.9. The van der Waals surface area contributed by atoms with Crippen LogP contribution in [0.5, 0.6) is 0 Å². The Bertz CT molecular complexity index is 1240. The lowest BCUT2D eigenvalue weighted by Crippen LogP contribution is -2.39. The number of rotatable bonds is 6. The molecule has 1 atom stereocenters. The molecule has 0 fully saturated rings. The van der Waals surface area contributed by atoms with Gasteiger partial charge >= 0.3 is 0 Å². The molecule has 4 aromatic rings. The van der Waals surface area contributed by atoms with E-state index >= 15 is 0 Å². The standard InChI is InChI=1S/C25H25N5O2/c1-17-16-18(2)29(27-17)22-14-15-23(31)30(28-22)19(3)25(32)26-24(20-10-6-4-7-11-20)21-12-8-5-9-13-21/h4-16,19,24H,1-3H3,(H,26,32). The van der Waals surface area contributed by atoms with Crippen molar-refractivity contribution >= 4 is 5.91 Å². The minimum absolute atomic E-state index is 0.303. The Morgan fingerprint density at radius 3 is 2.00 bits per heavy atom. The summed E-state index contributed by atoms with van der Waals surface area (Å²) in [6.07, 6.45) is 0. The van der Waals surface area contributed by atoms with Crippen LogP contribution in [0.1, 0.15) is 41.5 Å². The van der Waals surface area contributed by atoms with Crippen molar-refractivity contribution in [3.63, 3.8) is 0 Å². The lowest BCUT2D eigenvalue weighted by Gasteiger charge is -2.22. The fraction of sp³-hybridized carbons (Fsp3) is 0.200. The number of benzene rings is 2. The van der Waals surface area contributed by atoms with E-state index in [4.69, 9.17) is 0 Å². The van der Waals surface area contributed by atoms with Crippen LogP contribution in [-0.4, -0.2) is 25.5 Å². The average Bonchev–Trinajstić information content (AvgIpc) is 3.16. The summed E-state index contributed by atoms with van der Waals surface area (Å²) in [7, 11) is 0. The second kappa shape index (κ2) is 9.01. The minimum Gasteiger partial charge on any atom is -0.343 e. The lowest BCUT2D eigenvalue weighted by atomic mass is 9.98. The van der Waals surface area contributed by atoms with E-state index in [1.54, 1.807) is 17.7 Å². The maximum Gasteiger partial charge on any atom is 0.267 e. The van der Waals surface area contributed by atoms with Gasteiger partial charge in [0, 0.05) is 11.8 Å². The molecule has 0 aliphatic carbocycles. The molecule has 0 saturated heterocycles. The number of aromatic nitrogens is 4. The van der Waals surface area contributed by atoms with Crippen molar-refractivity contribution in [2.24, 2.45) is 0 Å². The van der Waals surface area contributed by atoms with E-state index in [2.05, 4.69) is 15.5 Å². The highest BCUT2D eigenvalue weighted by atomic mass is 16.2. The van der Waals surface area contributed by atoms with Gasteiger partial charge in [0.1, 0.15) is 6.04 Å². The molecule has 1 unspecified atom stereocenters. The molecule has 0 aliphatic heterocycles. The van der Waals surface area contributed by atoms with Crippen molar-refractivity contribution in [2.45, 2.75) is 32.9 Å². The highest BCUT2D eigenvalue weighted by Crippen LogP contribution is 2.22. The van der Waals surface area contributed by atoms with Gasteiger partial charge in [-0.2, -0.15) is 5.10 Å². The molecule has 1 N–H and O–H groups in total. The van der Waals surface area contributed by atoms with Crippen LogP contribution in [0, 0.1) is 13.8 Å². The molecular weight excluding hydrogens is 402 g/mol. The van der Waals surface area contributed by atoms with Crippen molar-refractivity contribution < 1.29 is 4.79 Å². The molecule has 7 heteroatoms. The van der Waals surface area contributed by atoms with Gasteiger partial charge in [-0.05, 0) is 44.0 Å². The van der Waals surface area contributed by atoms with E-state index in [0.29, 0.717) is 5.82 Å². The molecular formula is C25H25N5O2. The van der Waals surface area contributed by atoms with Gasteiger partial charge in [-0.25, -0.2) is 9.36 Å². The fourth-order valence-electron chi connectivity index (χ4n) is 3.69. The van der Waals surface area contributed by atoms with Gasteiger partial charge in [0.25, 0.3) is 5.56 Å². The maximum atomic E-state index is 13.2. The Kier molecular flexibility index (Phi) is 5.98. The molecule has 1 amide bonds. The first-order chi connectivity index (χ1) is 15.4. The monoisotopic (exact) mass is 427 g/mol. The molecule has 0 aliphatic rings. The van der Waals surface area contributed by atoms with Gasteiger partial charge in [0.05, 0.1) is 11.7 Å². The van der Waals surface area contributed by atoms with Gasteiger partial charge in [0.15, 0.2) is 5.82 Å². The summed E-state index contributed by atoms with van der Waals surface area (Å²) >= 11 is 0. The third kappa shape index (κ3) is 4.37. The van der Waals surface area contributed by atoms with Crippen molar-refractivity contribution in [1.82, 2.24) is 24.9 Å². The Balaban J connectivity index is 1.65. The van der Waals surface area contributed by atoms with E-state index in [9.17, 15) is 9.59 Å². The summed E-state index contributed by atoms with van der Waals surface area (Å²) in [6, 6.07) is 23.3. The molecule has 0 spiro atoms. The predicted molar refractivity (Wildman–Crippen MR) is 123 cm³/mol. The van der Waals surface area contributed by atoms with Crippen LogP contribution in [0.4, 0.5) is 0 Å². The zero-order valence-corrected chi connectivity index (χ0v) is 18.3. The van der Waals surface area contributed by atoms with E-state index in [1.807, 2.05) is 80.6 Å². The molecule has 0 radical (unpaired) electrons. The van der Waals surface area contributed by atoms with Gasteiger partial charge < -0.3 is 5.32 Å². The number of hydrogen-bond acceptors (Lipinski definition) is 4. The Hall–Kier alpha value is -4.00. The molecule has 7 nitrogen and oxygen atoms in total. The largest absolute Gasteiger partial charge is 0.343 e. The first-order valence-electron chi connectivity index (χ1n) is 10.5. The van der Waals surface area contributed by atoms with Crippen molar-refractivity contribution in [3.8, 4) is 5.82 Å². The summed E-state index contributed by atoms with van der Waals surface area (Å²) < 4.78 is 2.86. The van der Waals surface area contributed by atoms with Gasteiger partial charge in [-0.15, -0.1) is 5.10 Å². The van der Waals surface area contributed by atoms with Crippen LogP contribution in [0.2, 0.25) is 0 Å². The number of nitrogens with zero attached hydrogens (tertiary/aromatic N) is 4. The summed E-state index contributed by atoms with van der Waals surface area (Å²) in [5.74, 6) is 0.181. The number of hydrogen-bond donors (Lipinski definition) is 1. The van der Waals surface area contributed by atoms with Crippen LogP contribution in [0.15, 0.2) is 83.7 Å². The van der Waals surface area contributed by atoms with Gasteiger partial charge in [0.2, 0.25) is 5.91 Å². The average molecular weight is 428 g/mol. The summed E-state index contributed by atoms with van der Waals surface area (Å²) in [6.45, 7) is 5.47. The number of carbonyl (C=O) groups is 1. The van der Waals surface area contributed by atoms with Crippen LogP contribution in [0.25, 0.3) is 5.82 Å². The molecule has 2 aromatic carbocycles. The second-order valence-corrected chi connectivity index (χ2v) is 7.75. The number of nitrogens with one attached hydrogen (secondary N) is 1. The molecule has 2 heterocycles. The SMILES string of the molecule is Cc1cc(C)n(-c2ccc(=O)n(C(C)C(=O)NC(c3ccccc3)c3ccccc3)n2)n1. The van der Waals surface area contributed by atoms with Crippen LogP contribution in [-0.2, 0) is 4.79 Å². The quantitative estimate of drug-likeness (QED) is 0.511. The summed E-state index contributed by atoms with van der Waals surface area (Å²) in [5.41, 5.74) is 3.30. The van der Waals surface area contributed by atoms with Crippen LogP contribution < -0.4 is 10.9 Å². The highest BCUT2D eigenvalue weighted by molar-refractivity contribution is 5.80. The lowest BCUT2D eigenvalue weighted by molar-refractivity contribution is -0.124. The van der Waals surface area contributed by atoms with E-state index < -0.39 is 6.04 Å². The molecule has 4 rings (SSSR count). The maximum absolute atomic E-state index is 13.2. The van der Waals surface area contributed by atoms with E-state index in [1.165, 1.54) is 10.7 Å². The van der Waals surface area contributed by atoms with E-state index in [0.717, 1.165) is 22.5 Å². The smallest absolute Gasteiger partial charge is 0.267 e. The molecule has 162 valence electrons. The topological polar surface area (TPSA) is 81.8 Å². The van der Waals surface area contributed by atoms with Gasteiger partial charge in [-0.1, -0.05) is 60.7 Å². The van der Waals surface area contributed by atoms with E-state index in [-0.39, 0.29) is 17.5 Å². The molecule has 32 heavy (non-hydrogen) atoms. The van der Waals surface area contributed by atoms with Crippen LogP contribution in [0.3, 0.4) is 0 Å². The van der Waals surface area contributed by atoms with Crippen LogP contribution >= 0.6 is 0 Å². The summed E-state index contributed by atoms with van der Waals surface area (Å²) in [4.78, 5) is 25.8. The number of aryl methyl sites for hydroxylation is 2. The normalized spacial score (nSPS) is 12.0. The first-order valence-corrected chi connectivity index (χ1v) is 10.5. The number of amides is 1. The fourth-order valence-corrected chi connectivity index (χ4v) is 3.69. The second-order valence-electron chi connectivity index (χ2n) is 7.75.